The molecule has 4 N–H and O–H groups in total. The molecule has 0 aliphatic carbocycles. The molecule has 1 heterocycles. The van der Waals surface area contributed by atoms with Gasteiger partial charge in [0.05, 0.1) is 17.4 Å². The third-order valence-corrected chi connectivity index (χ3v) is 4.69. The highest BCUT2D eigenvalue weighted by atomic mass is 19.1. The molecule has 7 nitrogen and oxygen atoms in total. The number of hydrazone groups is 1. The van der Waals surface area contributed by atoms with Gasteiger partial charge in [-0.3, -0.25) is 10.2 Å². The van der Waals surface area contributed by atoms with Crippen molar-refractivity contribution >= 4 is 34.5 Å². The Morgan fingerprint density at radius 3 is 2.48 bits per heavy atom. The molecule has 31 heavy (non-hydrogen) atoms. The summed E-state index contributed by atoms with van der Waals surface area (Å²) in [6, 6.07) is 18.3. The van der Waals surface area contributed by atoms with Crippen molar-refractivity contribution in [2.24, 2.45) is 5.10 Å². The lowest BCUT2D eigenvalue weighted by atomic mass is 10.1. The number of fused-ring (bicyclic) bond motifs is 1. The zero-order chi connectivity index (χ0) is 22.0. The normalized spacial score (nSPS) is 11.1. The first-order valence-electron chi connectivity index (χ1n) is 9.26. The summed E-state index contributed by atoms with van der Waals surface area (Å²) in [7, 11) is 0. The third-order valence-electron chi connectivity index (χ3n) is 4.69. The van der Waals surface area contributed by atoms with Gasteiger partial charge in [-0.1, -0.05) is 30.3 Å². The van der Waals surface area contributed by atoms with Crippen molar-refractivity contribution in [3.63, 3.8) is 0 Å². The van der Waals surface area contributed by atoms with Gasteiger partial charge in [-0.2, -0.15) is 5.10 Å². The summed E-state index contributed by atoms with van der Waals surface area (Å²) < 4.78 is 16.2. The molecule has 1 aromatic heterocycles. The Kier molecular flexibility index (Phi) is 5.19. The fourth-order valence-electron chi connectivity index (χ4n) is 3.15. The number of halogens is 1. The number of nitrogens with one attached hydrogen (secondary N) is 1. The van der Waals surface area contributed by atoms with Crippen molar-refractivity contribution in [3.8, 4) is 5.69 Å². The van der Waals surface area contributed by atoms with Gasteiger partial charge in [0, 0.05) is 23.0 Å². The van der Waals surface area contributed by atoms with Crippen LogP contribution >= 0.6 is 0 Å². The minimum atomic E-state index is -1.40. The molecule has 0 aliphatic rings. The van der Waals surface area contributed by atoms with E-state index in [-0.39, 0.29) is 11.1 Å². The Hall–Kier alpha value is -4.46. The second-order valence-corrected chi connectivity index (χ2v) is 6.77. The Morgan fingerprint density at radius 2 is 1.81 bits per heavy atom. The number of nitrogens with two attached hydrogens (primary N) is 1. The Balaban J connectivity index is 1.86. The number of benzene rings is 3. The summed E-state index contributed by atoms with van der Waals surface area (Å²) in [5.74, 6) is -2.13. The number of carboxylic acid groups (broad SMARTS) is 1. The van der Waals surface area contributed by atoms with E-state index >= 15 is 0 Å². The molecule has 8 heteroatoms. The van der Waals surface area contributed by atoms with Crippen LogP contribution in [-0.4, -0.2) is 21.9 Å². The average Bonchev–Trinajstić information content (AvgIpc) is 2.76. The highest BCUT2D eigenvalue weighted by Gasteiger charge is 2.17. The van der Waals surface area contributed by atoms with Crippen LogP contribution in [0.15, 0.2) is 82.8 Å². The van der Waals surface area contributed by atoms with E-state index in [2.05, 4.69) is 10.5 Å². The van der Waals surface area contributed by atoms with E-state index in [1.165, 1.54) is 23.0 Å². The highest BCUT2D eigenvalue weighted by Crippen LogP contribution is 2.25. The van der Waals surface area contributed by atoms with Gasteiger partial charge in [0.2, 0.25) is 5.43 Å². The van der Waals surface area contributed by atoms with Gasteiger partial charge in [-0.05, 0) is 42.0 Å². The van der Waals surface area contributed by atoms with Crippen LogP contribution in [-0.2, 0) is 0 Å². The SMILES string of the molecule is Nc1ccc(-n2cc(C(=O)O)c(=O)c3cc(F)c(NN=Cc4ccccc4)cc32)cc1. The molecule has 0 spiro atoms. The number of nitrogens with zero attached hydrogens (tertiary/aromatic N) is 2. The van der Waals surface area contributed by atoms with Crippen LogP contribution in [0.4, 0.5) is 15.8 Å². The largest absolute Gasteiger partial charge is 0.477 e. The number of carbonyl (C=O) groups is 1. The number of rotatable bonds is 5. The van der Waals surface area contributed by atoms with E-state index in [0.29, 0.717) is 16.9 Å². The van der Waals surface area contributed by atoms with Gasteiger partial charge in [-0.25, -0.2) is 9.18 Å². The molecule has 0 amide bonds. The van der Waals surface area contributed by atoms with Gasteiger partial charge < -0.3 is 15.4 Å². The molecule has 0 aliphatic heterocycles. The topological polar surface area (TPSA) is 110 Å². The predicted octanol–water partition coefficient (Wildman–Crippen LogP) is 3.86. The van der Waals surface area contributed by atoms with Crippen LogP contribution in [0.25, 0.3) is 16.6 Å². The van der Waals surface area contributed by atoms with Crippen LogP contribution in [0.2, 0.25) is 0 Å². The van der Waals surface area contributed by atoms with Crippen molar-refractivity contribution in [1.82, 2.24) is 4.57 Å². The van der Waals surface area contributed by atoms with Crippen molar-refractivity contribution in [2.75, 3.05) is 11.2 Å². The highest BCUT2D eigenvalue weighted by molar-refractivity contribution is 5.94. The zero-order valence-corrected chi connectivity index (χ0v) is 16.1. The second-order valence-electron chi connectivity index (χ2n) is 6.77. The minimum absolute atomic E-state index is 0.0337. The van der Waals surface area contributed by atoms with Crippen LogP contribution in [0, 0.1) is 5.82 Å². The number of hydrogen-bond acceptors (Lipinski definition) is 5. The van der Waals surface area contributed by atoms with E-state index in [0.717, 1.165) is 11.6 Å². The molecule has 0 atom stereocenters. The molecular formula is C23H17FN4O3. The molecule has 4 aromatic rings. The van der Waals surface area contributed by atoms with E-state index < -0.39 is 22.8 Å². The average molecular weight is 416 g/mol. The van der Waals surface area contributed by atoms with Crippen LogP contribution < -0.4 is 16.6 Å². The van der Waals surface area contributed by atoms with Crippen LogP contribution in [0.5, 0.6) is 0 Å². The van der Waals surface area contributed by atoms with Crippen molar-refractivity contribution in [1.29, 1.82) is 0 Å². The maximum absolute atomic E-state index is 14.7. The van der Waals surface area contributed by atoms with Crippen LogP contribution in [0.3, 0.4) is 0 Å². The molecule has 0 saturated carbocycles. The first-order valence-corrected chi connectivity index (χ1v) is 9.26. The Morgan fingerprint density at radius 1 is 1.10 bits per heavy atom. The van der Waals surface area contributed by atoms with Gasteiger partial charge in [-0.15, -0.1) is 0 Å². The fourth-order valence-corrected chi connectivity index (χ4v) is 3.15. The molecule has 3 aromatic carbocycles. The molecule has 0 bridgehead atoms. The first kappa shape index (κ1) is 19.8. The number of aromatic nitrogens is 1. The summed E-state index contributed by atoms with van der Waals surface area (Å²) >= 11 is 0. The number of anilines is 2. The lowest BCUT2D eigenvalue weighted by molar-refractivity contribution is 0.0695. The number of carboxylic acids is 1. The molecule has 0 fully saturated rings. The molecule has 4 rings (SSSR count). The third kappa shape index (κ3) is 3.99. The number of pyridine rings is 1. The Labute approximate surface area is 175 Å². The van der Waals surface area contributed by atoms with Gasteiger partial charge >= 0.3 is 5.97 Å². The minimum Gasteiger partial charge on any atom is -0.477 e. The lowest BCUT2D eigenvalue weighted by Gasteiger charge is -2.14. The molecule has 154 valence electrons. The molecular weight excluding hydrogens is 399 g/mol. The zero-order valence-electron chi connectivity index (χ0n) is 16.1. The van der Waals surface area contributed by atoms with E-state index in [1.807, 2.05) is 30.3 Å². The summed E-state index contributed by atoms with van der Waals surface area (Å²) in [6.07, 6.45) is 2.75. The monoisotopic (exact) mass is 416 g/mol. The summed E-state index contributed by atoms with van der Waals surface area (Å²) in [6.45, 7) is 0. The maximum Gasteiger partial charge on any atom is 0.341 e. The van der Waals surface area contributed by atoms with Gasteiger partial charge in [0.25, 0.3) is 0 Å². The Bertz CT molecular complexity index is 1360. The second kappa shape index (κ2) is 8.11. The maximum atomic E-state index is 14.7. The molecule has 0 radical (unpaired) electrons. The van der Waals surface area contributed by atoms with Crippen molar-refractivity contribution in [2.45, 2.75) is 0 Å². The predicted molar refractivity (Wildman–Crippen MR) is 119 cm³/mol. The van der Waals surface area contributed by atoms with E-state index in [9.17, 15) is 19.1 Å². The molecule has 0 unspecified atom stereocenters. The lowest BCUT2D eigenvalue weighted by Crippen LogP contribution is -2.18. The standard InChI is InChI=1S/C23H17FN4O3/c24-19-10-17-21(11-20(19)27-26-12-14-4-2-1-3-5-14)28(13-18(22(17)29)23(30)31)16-8-6-15(25)7-9-16/h1-13,27H,25H2,(H,30,31). The molecule has 0 saturated heterocycles. The summed E-state index contributed by atoms with van der Waals surface area (Å²) in [5, 5.41) is 13.4. The van der Waals surface area contributed by atoms with Crippen molar-refractivity contribution in [3.05, 3.63) is 100 Å². The number of nitrogen functional groups attached to an aromatic ring is 1. The fraction of sp³-hybridized carbons (Fsp3) is 0. The smallest absolute Gasteiger partial charge is 0.341 e. The summed E-state index contributed by atoms with van der Waals surface area (Å²) in [5.41, 5.74) is 9.40. The van der Waals surface area contributed by atoms with Gasteiger partial charge in [0.15, 0.2) is 0 Å². The number of aromatic carboxylic acids is 1. The first-order chi connectivity index (χ1) is 14.9. The summed E-state index contributed by atoms with van der Waals surface area (Å²) in [4.78, 5) is 24.2. The van der Waals surface area contributed by atoms with Crippen LogP contribution in [0.1, 0.15) is 15.9 Å². The van der Waals surface area contributed by atoms with Crippen molar-refractivity contribution < 1.29 is 14.3 Å². The number of hydrogen-bond donors (Lipinski definition) is 3. The quantitative estimate of drug-likeness (QED) is 0.260. The van der Waals surface area contributed by atoms with Gasteiger partial charge in [0.1, 0.15) is 11.4 Å². The van der Waals surface area contributed by atoms with E-state index in [1.54, 1.807) is 24.3 Å². The van der Waals surface area contributed by atoms with E-state index in [4.69, 9.17) is 5.73 Å².